The molecule has 0 radical (unpaired) electrons. The number of hydrogen-bond acceptors (Lipinski definition) is 5. The van der Waals surface area contributed by atoms with Gasteiger partial charge < -0.3 is 10.2 Å². The van der Waals surface area contributed by atoms with Crippen molar-refractivity contribution in [3.05, 3.63) is 36.0 Å². The summed E-state index contributed by atoms with van der Waals surface area (Å²) in [7, 11) is 0. The molecule has 0 saturated heterocycles. The van der Waals surface area contributed by atoms with Crippen LogP contribution in [0.4, 0.5) is 17.5 Å². The molecular weight excluding hydrogens is 262 g/mol. The monoisotopic (exact) mass is 285 g/mol. The lowest BCUT2D eigenvalue weighted by Crippen LogP contribution is -2.21. The summed E-state index contributed by atoms with van der Waals surface area (Å²) >= 11 is 0. The quantitative estimate of drug-likeness (QED) is 0.879. The Kier molecular flexibility index (Phi) is 5.09. The van der Waals surface area contributed by atoms with Crippen LogP contribution in [0.25, 0.3) is 0 Å². The standard InChI is InChI=1S/C16H23N5/c1-5-13(4)18-15-11-17-20-16(19-15)21(6-2)14-9-7-8-12(3)10-14/h7-11,13H,5-6H2,1-4H3,(H,18,19,20). The lowest BCUT2D eigenvalue weighted by Gasteiger charge is -2.21. The highest BCUT2D eigenvalue weighted by atomic mass is 15.3. The molecule has 1 unspecified atom stereocenters. The van der Waals surface area contributed by atoms with Crippen molar-refractivity contribution in [2.45, 2.75) is 40.2 Å². The largest absolute Gasteiger partial charge is 0.366 e. The van der Waals surface area contributed by atoms with Gasteiger partial charge in [-0.1, -0.05) is 19.1 Å². The Morgan fingerprint density at radius 3 is 2.76 bits per heavy atom. The van der Waals surface area contributed by atoms with Gasteiger partial charge >= 0.3 is 0 Å². The third-order valence-electron chi connectivity index (χ3n) is 3.43. The van der Waals surface area contributed by atoms with Gasteiger partial charge in [0.2, 0.25) is 0 Å². The van der Waals surface area contributed by atoms with Gasteiger partial charge in [-0.15, -0.1) is 5.10 Å². The van der Waals surface area contributed by atoms with Crippen molar-refractivity contribution in [3.63, 3.8) is 0 Å². The fourth-order valence-electron chi connectivity index (χ4n) is 2.07. The zero-order valence-corrected chi connectivity index (χ0v) is 13.2. The molecule has 112 valence electrons. The molecule has 0 saturated carbocycles. The number of benzene rings is 1. The molecule has 0 spiro atoms. The molecule has 1 aromatic heterocycles. The van der Waals surface area contributed by atoms with Gasteiger partial charge in [-0.05, 0) is 44.9 Å². The molecule has 5 nitrogen and oxygen atoms in total. The first-order chi connectivity index (χ1) is 10.1. The van der Waals surface area contributed by atoms with E-state index in [1.165, 1.54) is 5.56 Å². The van der Waals surface area contributed by atoms with E-state index in [2.05, 4.69) is 71.3 Å². The summed E-state index contributed by atoms with van der Waals surface area (Å²) in [6.07, 6.45) is 2.70. The van der Waals surface area contributed by atoms with Crippen molar-refractivity contribution >= 4 is 17.5 Å². The van der Waals surface area contributed by atoms with Crippen LogP contribution in [0.5, 0.6) is 0 Å². The Balaban J connectivity index is 2.28. The van der Waals surface area contributed by atoms with Crippen LogP contribution in [0.15, 0.2) is 30.5 Å². The average Bonchev–Trinajstić information content (AvgIpc) is 2.48. The number of nitrogens with one attached hydrogen (secondary N) is 1. The molecule has 0 fully saturated rings. The molecule has 5 heteroatoms. The molecule has 1 N–H and O–H groups in total. The Morgan fingerprint density at radius 2 is 2.10 bits per heavy atom. The van der Waals surface area contributed by atoms with E-state index in [1.54, 1.807) is 6.20 Å². The van der Waals surface area contributed by atoms with Crippen LogP contribution < -0.4 is 10.2 Å². The highest BCUT2D eigenvalue weighted by Crippen LogP contribution is 2.23. The molecule has 21 heavy (non-hydrogen) atoms. The Labute approximate surface area is 126 Å². The molecule has 0 amide bonds. The van der Waals surface area contributed by atoms with E-state index in [-0.39, 0.29) is 0 Å². The second-order valence-corrected chi connectivity index (χ2v) is 5.18. The minimum atomic E-state index is 0.364. The van der Waals surface area contributed by atoms with E-state index in [4.69, 9.17) is 0 Å². The van der Waals surface area contributed by atoms with Gasteiger partial charge in [0.1, 0.15) is 0 Å². The minimum Gasteiger partial charge on any atom is -0.366 e. The van der Waals surface area contributed by atoms with Gasteiger partial charge in [0, 0.05) is 18.3 Å². The number of aryl methyl sites for hydroxylation is 1. The third-order valence-corrected chi connectivity index (χ3v) is 3.43. The van der Waals surface area contributed by atoms with Crippen molar-refractivity contribution in [3.8, 4) is 0 Å². The van der Waals surface area contributed by atoms with Gasteiger partial charge in [-0.3, -0.25) is 0 Å². The van der Waals surface area contributed by atoms with Gasteiger partial charge in [-0.2, -0.15) is 10.1 Å². The number of hydrogen-bond donors (Lipinski definition) is 1. The fraction of sp³-hybridized carbons (Fsp3) is 0.438. The highest BCUT2D eigenvalue weighted by molar-refractivity contribution is 5.58. The van der Waals surface area contributed by atoms with Crippen molar-refractivity contribution < 1.29 is 0 Å². The third kappa shape index (κ3) is 3.90. The lowest BCUT2D eigenvalue weighted by molar-refractivity contribution is 0.753. The first-order valence-electron chi connectivity index (χ1n) is 7.44. The number of aromatic nitrogens is 3. The van der Waals surface area contributed by atoms with E-state index in [1.807, 2.05) is 6.07 Å². The van der Waals surface area contributed by atoms with Crippen LogP contribution in [0.2, 0.25) is 0 Å². The van der Waals surface area contributed by atoms with E-state index >= 15 is 0 Å². The molecule has 0 bridgehead atoms. The van der Waals surface area contributed by atoms with Gasteiger partial charge in [0.05, 0.1) is 6.20 Å². The Morgan fingerprint density at radius 1 is 1.29 bits per heavy atom. The van der Waals surface area contributed by atoms with E-state index in [9.17, 15) is 0 Å². The summed E-state index contributed by atoms with van der Waals surface area (Å²) in [5.41, 5.74) is 2.30. The predicted molar refractivity (Wildman–Crippen MR) is 87.1 cm³/mol. The summed E-state index contributed by atoms with van der Waals surface area (Å²) in [5, 5.41) is 11.6. The van der Waals surface area contributed by atoms with Gasteiger partial charge in [0.15, 0.2) is 5.82 Å². The summed E-state index contributed by atoms with van der Waals surface area (Å²) < 4.78 is 0. The Bertz CT molecular complexity index is 584. The maximum atomic E-state index is 4.58. The number of rotatable bonds is 6. The first kappa shape index (κ1) is 15.2. The summed E-state index contributed by atoms with van der Waals surface area (Å²) in [4.78, 5) is 6.64. The van der Waals surface area contributed by atoms with Crippen molar-refractivity contribution in [1.29, 1.82) is 0 Å². The summed E-state index contributed by atoms with van der Waals surface area (Å²) in [6, 6.07) is 8.68. The maximum Gasteiger partial charge on any atom is 0.251 e. The molecule has 0 aliphatic heterocycles. The minimum absolute atomic E-state index is 0.364. The van der Waals surface area contributed by atoms with Crippen LogP contribution in [-0.2, 0) is 0 Å². The second-order valence-electron chi connectivity index (χ2n) is 5.18. The zero-order chi connectivity index (χ0) is 15.2. The first-order valence-corrected chi connectivity index (χ1v) is 7.44. The van der Waals surface area contributed by atoms with E-state index < -0.39 is 0 Å². The van der Waals surface area contributed by atoms with Gasteiger partial charge in [-0.25, -0.2) is 0 Å². The SMILES string of the molecule is CCC(C)Nc1cnnc(N(CC)c2cccc(C)c2)n1. The van der Waals surface area contributed by atoms with Crippen molar-refractivity contribution in [1.82, 2.24) is 15.2 Å². The molecular formula is C16H23N5. The lowest BCUT2D eigenvalue weighted by atomic mass is 10.2. The predicted octanol–water partition coefficient (Wildman–Crippen LogP) is 3.55. The highest BCUT2D eigenvalue weighted by Gasteiger charge is 2.12. The number of nitrogens with zero attached hydrogens (tertiary/aromatic N) is 4. The molecule has 1 atom stereocenters. The second kappa shape index (κ2) is 7.02. The Hall–Kier alpha value is -2.17. The molecule has 2 rings (SSSR count). The van der Waals surface area contributed by atoms with Crippen LogP contribution in [0.3, 0.4) is 0 Å². The number of anilines is 3. The molecule has 0 aliphatic rings. The fourth-order valence-corrected chi connectivity index (χ4v) is 2.07. The van der Waals surface area contributed by atoms with Crippen LogP contribution >= 0.6 is 0 Å². The van der Waals surface area contributed by atoms with Gasteiger partial charge in [0.25, 0.3) is 5.95 Å². The molecule has 1 aromatic carbocycles. The van der Waals surface area contributed by atoms with Crippen LogP contribution in [-0.4, -0.2) is 27.8 Å². The normalized spacial score (nSPS) is 12.0. The van der Waals surface area contributed by atoms with Crippen LogP contribution in [0.1, 0.15) is 32.8 Å². The maximum absolute atomic E-state index is 4.58. The molecule has 2 aromatic rings. The summed E-state index contributed by atoms with van der Waals surface area (Å²) in [5.74, 6) is 1.39. The molecule has 1 heterocycles. The smallest absolute Gasteiger partial charge is 0.251 e. The van der Waals surface area contributed by atoms with E-state index in [0.29, 0.717) is 12.0 Å². The van der Waals surface area contributed by atoms with Crippen molar-refractivity contribution in [2.75, 3.05) is 16.8 Å². The van der Waals surface area contributed by atoms with Crippen LogP contribution in [0, 0.1) is 6.92 Å². The molecule has 0 aliphatic carbocycles. The van der Waals surface area contributed by atoms with Crippen molar-refractivity contribution in [2.24, 2.45) is 0 Å². The zero-order valence-electron chi connectivity index (χ0n) is 13.2. The summed E-state index contributed by atoms with van der Waals surface area (Å²) in [6.45, 7) is 9.22. The van der Waals surface area contributed by atoms with E-state index in [0.717, 1.165) is 24.5 Å². The average molecular weight is 285 g/mol. The topological polar surface area (TPSA) is 53.9 Å².